The highest BCUT2D eigenvalue weighted by atomic mass is 16.2. The summed E-state index contributed by atoms with van der Waals surface area (Å²) in [6.07, 6.45) is 8.27. The minimum atomic E-state index is -0.586. The molecule has 6 rings (SSSR count). The van der Waals surface area contributed by atoms with E-state index in [0.29, 0.717) is 34.0 Å². The highest BCUT2D eigenvalue weighted by molar-refractivity contribution is 6.04. The Hall–Kier alpha value is -4.71. The van der Waals surface area contributed by atoms with Gasteiger partial charge in [0.25, 0.3) is 5.91 Å². The molecule has 2 amide bonds. The van der Waals surface area contributed by atoms with Crippen LogP contribution in [0.25, 0.3) is 44.8 Å². The van der Waals surface area contributed by atoms with Crippen LogP contribution in [-0.4, -0.2) is 72.0 Å². The third-order valence-electron chi connectivity index (χ3n) is 6.72. The monoisotopic (exact) mass is 496 g/mol. The summed E-state index contributed by atoms with van der Waals surface area (Å²) >= 11 is 0. The van der Waals surface area contributed by atoms with Crippen LogP contribution >= 0.6 is 0 Å². The molecule has 12 nitrogen and oxygen atoms in total. The van der Waals surface area contributed by atoms with Crippen molar-refractivity contribution < 1.29 is 9.59 Å². The molecule has 0 unspecified atom stereocenters. The molecule has 1 saturated heterocycles. The van der Waals surface area contributed by atoms with Gasteiger partial charge in [0.1, 0.15) is 11.2 Å². The van der Waals surface area contributed by atoms with Crippen molar-refractivity contribution in [3.05, 3.63) is 48.5 Å². The number of carbonyl (C=O) groups is 2. The summed E-state index contributed by atoms with van der Waals surface area (Å²) in [5.41, 5.74) is 9.90. The minimum absolute atomic E-state index is 0.000240. The number of rotatable bonds is 5. The van der Waals surface area contributed by atoms with Crippen LogP contribution in [-0.2, 0) is 4.79 Å². The average molecular weight is 497 g/mol. The van der Waals surface area contributed by atoms with Crippen LogP contribution in [0.15, 0.2) is 43.0 Å². The van der Waals surface area contributed by atoms with Gasteiger partial charge in [0, 0.05) is 35.6 Å². The lowest BCUT2D eigenvalue weighted by Gasteiger charge is -2.28. The van der Waals surface area contributed by atoms with E-state index in [1.54, 1.807) is 18.6 Å². The summed E-state index contributed by atoms with van der Waals surface area (Å²) in [6.45, 7) is 1.83. The highest BCUT2D eigenvalue weighted by Crippen LogP contribution is 2.30. The molecule has 0 atom stereocenters. The Balaban J connectivity index is 1.31. The lowest BCUT2D eigenvalue weighted by molar-refractivity contribution is -0.121. The standard InChI is InChI=1S/C25H24N10O2/c1-35-6-3-13(4-7-35)25(37)30-16-8-14(10-27-12-16)15-9-18-20(33-34-22(18)29-11-15)24-31-19-17(21(26)36)2-5-28-23(19)32-24/h2,5,8-13H,3-4,6-7H2,1H3,(H2,26,36)(H,30,37)(H,28,31,32)(H,29,33,34). The van der Waals surface area contributed by atoms with Crippen molar-refractivity contribution in [2.45, 2.75) is 12.8 Å². The summed E-state index contributed by atoms with van der Waals surface area (Å²) < 4.78 is 0. The number of primary amides is 1. The number of amides is 2. The van der Waals surface area contributed by atoms with Crippen LogP contribution in [0.1, 0.15) is 23.2 Å². The predicted octanol–water partition coefficient (Wildman–Crippen LogP) is 2.34. The maximum Gasteiger partial charge on any atom is 0.251 e. The molecule has 5 aromatic rings. The zero-order valence-electron chi connectivity index (χ0n) is 20.0. The molecule has 6 heterocycles. The number of nitrogens with two attached hydrogens (primary N) is 1. The molecule has 1 aliphatic heterocycles. The normalized spacial score (nSPS) is 14.8. The Morgan fingerprint density at radius 3 is 2.70 bits per heavy atom. The fraction of sp³-hybridized carbons (Fsp3) is 0.240. The number of nitrogens with one attached hydrogen (secondary N) is 3. The lowest BCUT2D eigenvalue weighted by Crippen LogP contribution is -2.35. The number of aromatic nitrogens is 7. The first kappa shape index (κ1) is 22.7. The number of H-pyrrole nitrogens is 2. The quantitative estimate of drug-likeness (QED) is 0.287. The van der Waals surface area contributed by atoms with Crippen molar-refractivity contribution in [3.63, 3.8) is 0 Å². The summed E-state index contributed by atoms with van der Waals surface area (Å²) in [5.74, 6) is -0.137. The smallest absolute Gasteiger partial charge is 0.251 e. The molecule has 1 aliphatic rings. The molecule has 0 bridgehead atoms. The Bertz CT molecular complexity index is 1650. The second kappa shape index (κ2) is 9.06. The van der Waals surface area contributed by atoms with Crippen LogP contribution in [0.2, 0.25) is 0 Å². The van der Waals surface area contributed by atoms with E-state index in [1.807, 2.05) is 12.1 Å². The van der Waals surface area contributed by atoms with E-state index in [0.717, 1.165) is 42.4 Å². The van der Waals surface area contributed by atoms with Gasteiger partial charge in [0.2, 0.25) is 5.91 Å². The number of anilines is 1. The molecule has 37 heavy (non-hydrogen) atoms. The number of aromatic amines is 2. The number of hydrogen-bond donors (Lipinski definition) is 4. The van der Waals surface area contributed by atoms with Gasteiger partial charge in [0.05, 0.1) is 22.8 Å². The fourth-order valence-electron chi connectivity index (χ4n) is 4.64. The molecule has 1 fully saturated rings. The number of likely N-dealkylation sites (tertiary alicyclic amines) is 1. The molecular formula is C25H24N10O2. The number of imidazole rings is 1. The summed E-state index contributed by atoms with van der Waals surface area (Å²) in [4.78, 5) is 47.5. The van der Waals surface area contributed by atoms with Crippen molar-refractivity contribution >= 4 is 39.7 Å². The minimum Gasteiger partial charge on any atom is -0.366 e. The first-order chi connectivity index (χ1) is 18.0. The maximum absolute atomic E-state index is 12.8. The maximum atomic E-state index is 12.8. The second-order valence-corrected chi connectivity index (χ2v) is 9.23. The molecular weight excluding hydrogens is 472 g/mol. The largest absolute Gasteiger partial charge is 0.366 e. The average Bonchev–Trinajstić information content (AvgIpc) is 3.52. The number of carbonyl (C=O) groups excluding carboxylic acids is 2. The van der Waals surface area contributed by atoms with Crippen LogP contribution < -0.4 is 11.1 Å². The molecule has 0 saturated carbocycles. The van der Waals surface area contributed by atoms with E-state index >= 15 is 0 Å². The Morgan fingerprint density at radius 1 is 1.08 bits per heavy atom. The first-order valence-electron chi connectivity index (χ1n) is 11.9. The van der Waals surface area contributed by atoms with E-state index < -0.39 is 5.91 Å². The van der Waals surface area contributed by atoms with Crippen molar-refractivity contribution in [3.8, 4) is 22.6 Å². The number of hydrogen-bond acceptors (Lipinski definition) is 8. The fourth-order valence-corrected chi connectivity index (χ4v) is 4.64. The van der Waals surface area contributed by atoms with Crippen molar-refractivity contribution in [2.24, 2.45) is 11.7 Å². The van der Waals surface area contributed by atoms with Crippen LogP contribution in [0, 0.1) is 5.92 Å². The number of nitrogens with zero attached hydrogens (tertiary/aromatic N) is 6. The van der Waals surface area contributed by atoms with Gasteiger partial charge in [-0.25, -0.2) is 15.0 Å². The van der Waals surface area contributed by atoms with E-state index in [1.165, 1.54) is 12.3 Å². The molecule has 12 heteroatoms. The van der Waals surface area contributed by atoms with Gasteiger partial charge in [0.15, 0.2) is 17.1 Å². The van der Waals surface area contributed by atoms with Gasteiger partial charge in [-0.3, -0.25) is 19.7 Å². The molecule has 0 spiro atoms. The van der Waals surface area contributed by atoms with Crippen molar-refractivity contribution in [2.75, 3.05) is 25.5 Å². The predicted molar refractivity (Wildman–Crippen MR) is 137 cm³/mol. The Labute approximate surface area is 210 Å². The van der Waals surface area contributed by atoms with Crippen molar-refractivity contribution in [1.82, 2.24) is 40.0 Å². The lowest BCUT2D eigenvalue weighted by atomic mass is 9.96. The molecule has 0 aromatic carbocycles. The number of pyridine rings is 3. The van der Waals surface area contributed by atoms with Gasteiger partial charge in [-0.05, 0) is 51.2 Å². The van der Waals surface area contributed by atoms with Crippen LogP contribution in [0.4, 0.5) is 5.69 Å². The number of fused-ring (bicyclic) bond motifs is 2. The summed E-state index contributed by atoms with van der Waals surface area (Å²) in [6, 6.07) is 5.34. The number of piperidine rings is 1. The summed E-state index contributed by atoms with van der Waals surface area (Å²) in [7, 11) is 2.07. The van der Waals surface area contributed by atoms with E-state index in [4.69, 9.17) is 5.73 Å². The van der Waals surface area contributed by atoms with Crippen LogP contribution in [0.3, 0.4) is 0 Å². The van der Waals surface area contributed by atoms with E-state index in [-0.39, 0.29) is 17.4 Å². The van der Waals surface area contributed by atoms with Gasteiger partial charge < -0.3 is 20.9 Å². The highest BCUT2D eigenvalue weighted by Gasteiger charge is 2.23. The molecule has 0 aliphatic carbocycles. The second-order valence-electron chi connectivity index (χ2n) is 9.23. The Morgan fingerprint density at radius 2 is 1.89 bits per heavy atom. The molecule has 0 radical (unpaired) electrons. The van der Waals surface area contributed by atoms with E-state index in [9.17, 15) is 9.59 Å². The van der Waals surface area contributed by atoms with Gasteiger partial charge >= 0.3 is 0 Å². The SMILES string of the molecule is CN1CCC(C(=O)Nc2cncc(-c3cnc4[nH]nc(-c5nc6c(C(N)=O)ccnc6[nH]5)c4c3)c2)CC1. The Kier molecular flexibility index (Phi) is 5.57. The first-order valence-corrected chi connectivity index (χ1v) is 11.9. The third-order valence-corrected chi connectivity index (χ3v) is 6.72. The molecule has 186 valence electrons. The van der Waals surface area contributed by atoms with Crippen molar-refractivity contribution in [1.29, 1.82) is 0 Å². The van der Waals surface area contributed by atoms with E-state index in [2.05, 4.69) is 52.4 Å². The molecule has 5 aromatic heterocycles. The van der Waals surface area contributed by atoms with Gasteiger partial charge in [-0.15, -0.1) is 0 Å². The van der Waals surface area contributed by atoms with Gasteiger partial charge in [-0.2, -0.15) is 5.10 Å². The summed E-state index contributed by atoms with van der Waals surface area (Å²) in [5, 5.41) is 11.0. The van der Waals surface area contributed by atoms with Gasteiger partial charge in [-0.1, -0.05) is 0 Å². The topological polar surface area (TPSA) is 171 Å². The zero-order chi connectivity index (χ0) is 25.5. The zero-order valence-corrected chi connectivity index (χ0v) is 20.0. The molecule has 5 N–H and O–H groups in total. The van der Waals surface area contributed by atoms with Crippen LogP contribution in [0.5, 0.6) is 0 Å². The third kappa shape index (κ3) is 4.27.